The van der Waals surface area contributed by atoms with Crippen molar-refractivity contribution >= 4 is 17.5 Å². The third-order valence-corrected chi connectivity index (χ3v) is 3.69. The number of aliphatic hydroxyl groups excluding tert-OH is 1. The van der Waals surface area contributed by atoms with Gasteiger partial charge in [0.05, 0.1) is 6.54 Å². The first-order valence-electron chi connectivity index (χ1n) is 7.48. The number of amides is 2. The summed E-state index contributed by atoms with van der Waals surface area (Å²) in [4.78, 5) is 25.5. The number of nitrogens with zero attached hydrogens (tertiary/aromatic N) is 1. The van der Waals surface area contributed by atoms with Gasteiger partial charge in [0.15, 0.2) is 0 Å². The molecule has 2 amide bonds. The van der Waals surface area contributed by atoms with Crippen LogP contribution in [0.5, 0.6) is 0 Å². The Hall–Kier alpha value is -1.88. The normalized spacial score (nSPS) is 13.1. The van der Waals surface area contributed by atoms with Crippen molar-refractivity contribution < 1.29 is 14.7 Å². The quantitative estimate of drug-likeness (QED) is 0.742. The number of rotatable bonds is 7. The van der Waals surface area contributed by atoms with Gasteiger partial charge in [-0.2, -0.15) is 0 Å². The second-order valence-electron chi connectivity index (χ2n) is 5.24. The molecule has 1 aliphatic heterocycles. The minimum absolute atomic E-state index is 0.0488. The Kier molecular flexibility index (Phi) is 5.75. The van der Waals surface area contributed by atoms with E-state index >= 15 is 0 Å². The minimum atomic E-state index is -0.103. The molecule has 0 radical (unpaired) electrons. The third-order valence-electron chi connectivity index (χ3n) is 3.69. The highest BCUT2D eigenvalue weighted by molar-refractivity contribution is 5.98. The van der Waals surface area contributed by atoms with E-state index in [4.69, 9.17) is 5.11 Å². The average molecular weight is 290 g/mol. The highest BCUT2D eigenvalue weighted by atomic mass is 16.3. The maximum atomic E-state index is 12.2. The Bertz CT molecular complexity index is 502. The maximum absolute atomic E-state index is 12.2. The van der Waals surface area contributed by atoms with Gasteiger partial charge in [-0.25, -0.2) is 0 Å². The molecule has 0 fully saturated rings. The molecular weight excluding hydrogens is 268 g/mol. The summed E-state index contributed by atoms with van der Waals surface area (Å²) in [7, 11) is 0. The minimum Gasteiger partial charge on any atom is -0.396 e. The van der Waals surface area contributed by atoms with Crippen molar-refractivity contribution in [1.29, 1.82) is 0 Å². The van der Waals surface area contributed by atoms with Gasteiger partial charge in [-0.05, 0) is 30.9 Å². The van der Waals surface area contributed by atoms with E-state index < -0.39 is 0 Å². The summed E-state index contributed by atoms with van der Waals surface area (Å²) in [5.41, 5.74) is 2.14. The summed E-state index contributed by atoms with van der Waals surface area (Å²) in [5, 5.41) is 11.3. The van der Waals surface area contributed by atoms with E-state index in [0.717, 1.165) is 31.4 Å². The van der Waals surface area contributed by atoms with Crippen molar-refractivity contribution in [2.24, 2.45) is 0 Å². The molecule has 2 rings (SSSR count). The highest BCUT2D eigenvalue weighted by Gasteiger charge is 2.23. The molecule has 5 heteroatoms. The molecule has 0 aliphatic carbocycles. The first-order chi connectivity index (χ1) is 10.2. The monoisotopic (exact) mass is 290 g/mol. The van der Waals surface area contributed by atoms with E-state index in [1.54, 1.807) is 4.90 Å². The van der Waals surface area contributed by atoms with Crippen LogP contribution in [0.25, 0.3) is 0 Å². The van der Waals surface area contributed by atoms with Gasteiger partial charge >= 0.3 is 0 Å². The molecule has 1 aromatic rings. The Labute approximate surface area is 125 Å². The highest BCUT2D eigenvalue weighted by Crippen LogP contribution is 2.27. The van der Waals surface area contributed by atoms with Crippen LogP contribution in [0.4, 0.5) is 5.69 Å². The van der Waals surface area contributed by atoms with Crippen LogP contribution in [0.3, 0.4) is 0 Å². The van der Waals surface area contributed by atoms with Crippen LogP contribution in [-0.2, 0) is 16.0 Å². The number of para-hydroxylation sites is 1. The van der Waals surface area contributed by atoms with Crippen molar-refractivity contribution in [2.45, 2.75) is 32.1 Å². The van der Waals surface area contributed by atoms with Gasteiger partial charge in [-0.1, -0.05) is 24.6 Å². The lowest BCUT2D eigenvalue weighted by Crippen LogP contribution is -2.39. The van der Waals surface area contributed by atoms with Crippen molar-refractivity contribution in [3.8, 4) is 0 Å². The number of hydrogen-bond donors (Lipinski definition) is 2. The number of nitrogens with one attached hydrogen (secondary N) is 1. The zero-order valence-electron chi connectivity index (χ0n) is 12.2. The van der Waals surface area contributed by atoms with E-state index in [9.17, 15) is 9.59 Å². The Morgan fingerprint density at radius 3 is 2.81 bits per heavy atom. The number of carbonyl (C=O) groups is 2. The molecule has 1 aliphatic rings. The summed E-state index contributed by atoms with van der Waals surface area (Å²) in [6.45, 7) is 0.895. The van der Waals surface area contributed by atoms with Gasteiger partial charge in [-0.15, -0.1) is 0 Å². The number of benzene rings is 1. The predicted octanol–water partition coefficient (Wildman–Crippen LogP) is 1.24. The summed E-state index contributed by atoms with van der Waals surface area (Å²) in [5.74, 6) is -0.169. The second-order valence-corrected chi connectivity index (χ2v) is 5.24. The van der Waals surface area contributed by atoms with E-state index in [1.807, 2.05) is 24.3 Å². The molecular formula is C16H22N2O3. The van der Waals surface area contributed by atoms with E-state index in [1.165, 1.54) is 5.56 Å². The number of unbranched alkanes of at least 4 members (excludes halogenated alkanes) is 2. The molecule has 1 aromatic carbocycles. The fourth-order valence-electron chi connectivity index (χ4n) is 2.53. The zero-order valence-corrected chi connectivity index (χ0v) is 12.2. The molecule has 0 aromatic heterocycles. The van der Waals surface area contributed by atoms with Crippen molar-refractivity contribution in [3.63, 3.8) is 0 Å². The largest absolute Gasteiger partial charge is 0.396 e. The Morgan fingerprint density at radius 2 is 2.00 bits per heavy atom. The van der Waals surface area contributed by atoms with E-state index in [-0.39, 0.29) is 25.0 Å². The molecule has 0 bridgehead atoms. The zero-order chi connectivity index (χ0) is 15.1. The first-order valence-corrected chi connectivity index (χ1v) is 7.48. The summed E-state index contributed by atoms with van der Waals surface area (Å²) in [6, 6.07) is 7.87. The lowest BCUT2D eigenvalue weighted by molar-refractivity contribution is -0.125. The van der Waals surface area contributed by atoms with Crippen LogP contribution in [0, 0.1) is 0 Å². The number of hydrogen-bond acceptors (Lipinski definition) is 3. The number of aliphatic hydroxyl groups is 1. The molecule has 5 nitrogen and oxygen atoms in total. The van der Waals surface area contributed by atoms with Crippen LogP contribution in [0.2, 0.25) is 0 Å². The number of carbonyl (C=O) groups excluding carboxylic acids is 2. The Balaban J connectivity index is 1.74. The predicted molar refractivity (Wildman–Crippen MR) is 81.1 cm³/mol. The summed E-state index contributed by atoms with van der Waals surface area (Å²) < 4.78 is 0. The van der Waals surface area contributed by atoms with E-state index in [0.29, 0.717) is 13.0 Å². The molecule has 0 atom stereocenters. The SMILES string of the molecule is O=C(CCCCCO)NCC(=O)N1CCc2ccccc21. The molecule has 2 N–H and O–H groups in total. The smallest absolute Gasteiger partial charge is 0.246 e. The molecule has 1 heterocycles. The van der Waals surface area contributed by atoms with Gasteiger partial charge in [0, 0.05) is 25.3 Å². The summed E-state index contributed by atoms with van der Waals surface area (Å²) >= 11 is 0. The van der Waals surface area contributed by atoms with Crippen LogP contribution in [-0.4, -0.2) is 36.6 Å². The molecule has 21 heavy (non-hydrogen) atoms. The fraction of sp³-hybridized carbons (Fsp3) is 0.500. The lowest BCUT2D eigenvalue weighted by atomic mass is 10.2. The van der Waals surface area contributed by atoms with Gasteiger partial charge in [0.1, 0.15) is 0 Å². The number of fused-ring (bicyclic) bond motifs is 1. The maximum Gasteiger partial charge on any atom is 0.246 e. The molecule has 0 saturated heterocycles. The van der Waals surface area contributed by atoms with Crippen LogP contribution >= 0.6 is 0 Å². The van der Waals surface area contributed by atoms with Crippen LogP contribution < -0.4 is 10.2 Å². The van der Waals surface area contributed by atoms with Crippen molar-refractivity contribution in [1.82, 2.24) is 5.32 Å². The molecule has 114 valence electrons. The lowest BCUT2D eigenvalue weighted by Gasteiger charge is -2.17. The van der Waals surface area contributed by atoms with Gasteiger partial charge in [0.2, 0.25) is 11.8 Å². The van der Waals surface area contributed by atoms with E-state index in [2.05, 4.69) is 5.32 Å². The fourth-order valence-corrected chi connectivity index (χ4v) is 2.53. The van der Waals surface area contributed by atoms with Crippen LogP contribution in [0.1, 0.15) is 31.2 Å². The second kappa shape index (κ2) is 7.78. The average Bonchev–Trinajstić information content (AvgIpc) is 2.93. The summed E-state index contributed by atoms with van der Waals surface area (Å²) in [6.07, 6.45) is 3.57. The topological polar surface area (TPSA) is 69.6 Å². The standard InChI is InChI=1S/C16H22N2O3/c19-11-5-1-2-8-15(20)17-12-16(21)18-10-9-13-6-3-4-7-14(13)18/h3-4,6-7,19H,1-2,5,8-12H2,(H,17,20). The number of anilines is 1. The van der Waals surface area contributed by atoms with Crippen molar-refractivity contribution in [3.05, 3.63) is 29.8 Å². The van der Waals surface area contributed by atoms with Gasteiger partial charge < -0.3 is 15.3 Å². The first kappa shape index (κ1) is 15.5. The molecule has 0 unspecified atom stereocenters. The van der Waals surface area contributed by atoms with Crippen molar-refractivity contribution in [2.75, 3.05) is 24.6 Å². The molecule has 0 saturated carbocycles. The van der Waals surface area contributed by atoms with Crippen LogP contribution in [0.15, 0.2) is 24.3 Å². The van der Waals surface area contributed by atoms with Gasteiger partial charge in [-0.3, -0.25) is 9.59 Å². The molecule has 0 spiro atoms. The third kappa shape index (κ3) is 4.29. The van der Waals surface area contributed by atoms with Gasteiger partial charge in [0.25, 0.3) is 0 Å². The Morgan fingerprint density at radius 1 is 1.19 bits per heavy atom.